The first kappa shape index (κ1) is 15.0. The first-order chi connectivity index (χ1) is 11.5. The van der Waals surface area contributed by atoms with Gasteiger partial charge in [0.05, 0.1) is 9.79 Å². The van der Waals surface area contributed by atoms with Crippen molar-refractivity contribution in [1.82, 2.24) is 0 Å². The molecule has 0 unspecified atom stereocenters. The maximum absolute atomic E-state index is 13.5. The van der Waals surface area contributed by atoms with E-state index < -0.39 is 9.63 Å². The average molecular weight is 336 g/mol. The van der Waals surface area contributed by atoms with E-state index in [1.165, 1.54) is 12.1 Å². The second kappa shape index (κ2) is 4.98. The van der Waals surface area contributed by atoms with Crippen LogP contribution in [0.15, 0.2) is 94.7 Å². The van der Waals surface area contributed by atoms with E-state index in [9.17, 15) is 13.3 Å². The Labute approximate surface area is 139 Å². The summed E-state index contributed by atoms with van der Waals surface area (Å²) in [6, 6.07) is 24.6. The Balaban J connectivity index is 2.12. The molecule has 120 valence electrons. The highest BCUT2D eigenvalue weighted by molar-refractivity contribution is 8.10. The second-order valence-corrected chi connectivity index (χ2v) is 8.43. The maximum Gasteiger partial charge on any atom is 0.136 e. The molecule has 0 aliphatic rings. The first-order valence-electron chi connectivity index (χ1n) is 7.58. The highest BCUT2D eigenvalue weighted by atomic mass is 32.3. The van der Waals surface area contributed by atoms with Gasteiger partial charge in [-0.25, -0.2) is 4.21 Å². The number of fused-ring (bicyclic) bond motifs is 2. The van der Waals surface area contributed by atoms with Gasteiger partial charge in [0.2, 0.25) is 0 Å². The molecule has 0 saturated carbocycles. The van der Waals surface area contributed by atoms with Gasteiger partial charge >= 0.3 is 0 Å². The van der Waals surface area contributed by atoms with E-state index in [4.69, 9.17) is 0 Å². The molecule has 0 aliphatic heterocycles. The predicted molar refractivity (Wildman–Crippen MR) is 97.8 cm³/mol. The zero-order chi connectivity index (χ0) is 16.8. The van der Waals surface area contributed by atoms with Crippen LogP contribution in [0, 0.1) is 0 Å². The van der Waals surface area contributed by atoms with Crippen LogP contribution in [0.2, 0.25) is 0 Å². The van der Waals surface area contributed by atoms with Crippen LogP contribution in [0.25, 0.3) is 21.5 Å². The van der Waals surface area contributed by atoms with E-state index in [0.717, 1.165) is 10.8 Å². The van der Waals surface area contributed by atoms with Crippen LogP contribution < -0.4 is 0 Å². The molecule has 0 aromatic heterocycles. The Morgan fingerprint density at radius 2 is 0.917 bits per heavy atom. The summed E-state index contributed by atoms with van der Waals surface area (Å²) in [7, 11) is -5.23. The highest BCUT2D eigenvalue weighted by Gasteiger charge is 2.38. The Bertz CT molecular complexity index is 1050. The van der Waals surface area contributed by atoms with E-state index in [2.05, 4.69) is 0 Å². The first-order valence-corrected chi connectivity index (χ1v) is 9.46. The summed E-state index contributed by atoms with van der Waals surface area (Å²) in [5.41, 5.74) is 0. The molecule has 3 nitrogen and oxygen atoms in total. The molecule has 0 amide bonds. The van der Waals surface area contributed by atoms with Crippen molar-refractivity contribution in [1.29, 1.82) is 0 Å². The quantitative estimate of drug-likeness (QED) is 0.530. The monoisotopic (exact) mass is 336 g/mol. The molecule has 0 bridgehead atoms. The molecule has 0 spiro atoms. The summed E-state index contributed by atoms with van der Waals surface area (Å²) in [6.07, 6.45) is 0. The van der Waals surface area contributed by atoms with Crippen molar-refractivity contribution in [3.63, 3.8) is 0 Å². The Morgan fingerprint density at radius 3 is 1.38 bits per heavy atom. The molecule has 4 rings (SSSR count). The highest BCUT2D eigenvalue weighted by Crippen LogP contribution is 2.43. The summed E-state index contributed by atoms with van der Waals surface area (Å²) >= 11 is 0. The van der Waals surface area contributed by atoms with Crippen LogP contribution in [0.1, 0.15) is 0 Å². The number of hydrogen-bond donors (Lipinski definition) is 2. The fourth-order valence-electron chi connectivity index (χ4n) is 3.15. The molecule has 0 aliphatic carbocycles. The minimum absolute atomic E-state index is 0.0291. The van der Waals surface area contributed by atoms with Crippen LogP contribution in [0.3, 0.4) is 0 Å². The van der Waals surface area contributed by atoms with Gasteiger partial charge < -0.3 is 9.11 Å². The maximum atomic E-state index is 13.5. The Morgan fingerprint density at radius 1 is 0.542 bits per heavy atom. The van der Waals surface area contributed by atoms with Gasteiger partial charge in [-0.2, -0.15) is 0 Å². The standard InChI is InChI=1S/C20H16O3S/c21-24(22,23,19-13-5-9-15-7-1-3-11-17(15)19)20-14-6-10-16-8-2-4-12-18(16)20/h1-14H,(H2,21,22,23). The minimum atomic E-state index is -5.23. The van der Waals surface area contributed by atoms with Crippen LogP contribution in [-0.4, -0.2) is 13.3 Å². The molecule has 0 fully saturated rings. The van der Waals surface area contributed by atoms with E-state index in [-0.39, 0.29) is 9.79 Å². The molecule has 0 heterocycles. The van der Waals surface area contributed by atoms with Crippen LogP contribution in [-0.2, 0) is 9.63 Å². The topological polar surface area (TPSA) is 57.5 Å². The molecule has 4 aromatic carbocycles. The molecule has 0 atom stereocenters. The van der Waals surface area contributed by atoms with Crippen molar-refractivity contribution in [3.8, 4) is 0 Å². The van der Waals surface area contributed by atoms with E-state index in [1.54, 1.807) is 36.4 Å². The molecule has 4 heteroatoms. The van der Waals surface area contributed by atoms with Gasteiger partial charge in [0.25, 0.3) is 0 Å². The molecular weight excluding hydrogens is 320 g/mol. The lowest BCUT2D eigenvalue weighted by Crippen LogP contribution is -2.32. The molecule has 24 heavy (non-hydrogen) atoms. The summed E-state index contributed by atoms with van der Waals surface area (Å²) in [4.78, 5) is 0.0582. The normalized spacial score (nSPS) is 13.7. The van der Waals surface area contributed by atoms with Gasteiger partial charge in [-0.1, -0.05) is 72.8 Å². The van der Waals surface area contributed by atoms with Gasteiger partial charge in [-0.05, 0) is 22.9 Å². The third kappa shape index (κ3) is 2.16. The lowest BCUT2D eigenvalue weighted by Gasteiger charge is -2.33. The molecule has 0 radical (unpaired) electrons. The van der Waals surface area contributed by atoms with E-state index in [1.807, 2.05) is 36.4 Å². The van der Waals surface area contributed by atoms with Gasteiger partial charge in [-0.15, -0.1) is 0 Å². The summed E-state index contributed by atoms with van der Waals surface area (Å²) < 4.78 is 35.6. The molecule has 0 saturated heterocycles. The number of benzene rings is 4. The van der Waals surface area contributed by atoms with Gasteiger partial charge in [-0.3, -0.25) is 0 Å². The third-order valence-corrected chi connectivity index (χ3v) is 6.59. The van der Waals surface area contributed by atoms with Gasteiger partial charge in [0, 0.05) is 10.8 Å². The summed E-state index contributed by atoms with van der Waals surface area (Å²) in [5.74, 6) is 0. The number of rotatable bonds is 2. The number of hydrogen-bond acceptors (Lipinski definition) is 1. The second-order valence-electron chi connectivity index (χ2n) is 5.82. The average Bonchev–Trinajstić information content (AvgIpc) is 2.60. The van der Waals surface area contributed by atoms with Gasteiger partial charge in [0.1, 0.15) is 9.63 Å². The van der Waals surface area contributed by atoms with Crippen molar-refractivity contribution >= 4 is 31.2 Å². The van der Waals surface area contributed by atoms with Crippen molar-refractivity contribution < 1.29 is 13.3 Å². The molecule has 2 N–H and O–H groups in total. The minimum Gasteiger partial charge on any atom is -0.301 e. The summed E-state index contributed by atoms with van der Waals surface area (Å²) in [6.45, 7) is 0. The van der Waals surface area contributed by atoms with Crippen LogP contribution in [0.4, 0.5) is 0 Å². The molecule has 4 aromatic rings. The van der Waals surface area contributed by atoms with Crippen molar-refractivity contribution in [2.75, 3.05) is 0 Å². The van der Waals surface area contributed by atoms with Gasteiger partial charge in [0.15, 0.2) is 0 Å². The molecular formula is C20H16O3S. The summed E-state index contributed by atoms with van der Waals surface area (Å²) in [5, 5.41) is 2.74. The van der Waals surface area contributed by atoms with E-state index in [0.29, 0.717) is 10.8 Å². The zero-order valence-electron chi connectivity index (χ0n) is 12.8. The fourth-order valence-corrected chi connectivity index (χ4v) is 5.20. The zero-order valence-corrected chi connectivity index (χ0v) is 13.6. The smallest absolute Gasteiger partial charge is 0.136 e. The lowest BCUT2D eigenvalue weighted by atomic mass is 10.1. The van der Waals surface area contributed by atoms with Crippen molar-refractivity contribution in [3.05, 3.63) is 84.9 Å². The van der Waals surface area contributed by atoms with Crippen molar-refractivity contribution in [2.45, 2.75) is 9.79 Å². The largest absolute Gasteiger partial charge is 0.301 e. The Hall–Kier alpha value is -2.53. The third-order valence-electron chi connectivity index (χ3n) is 4.29. The van der Waals surface area contributed by atoms with Crippen LogP contribution in [0.5, 0.6) is 0 Å². The fraction of sp³-hybridized carbons (Fsp3) is 0. The predicted octanol–water partition coefficient (Wildman–Crippen LogP) is 5.18. The Kier molecular flexibility index (Phi) is 3.12. The van der Waals surface area contributed by atoms with E-state index >= 15 is 0 Å². The SMILES string of the molecule is O=S(O)(O)(c1cccc2ccccc12)c1cccc2ccccc12. The lowest BCUT2D eigenvalue weighted by molar-refractivity contribution is 0.392. The van der Waals surface area contributed by atoms with Crippen molar-refractivity contribution in [2.24, 2.45) is 0 Å². The van der Waals surface area contributed by atoms with Crippen LogP contribution >= 0.6 is 0 Å².